The molecule has 3 aromatic rings. The van der Waals surface area contributed by atoms with Crippen LogP contribution in [0.15, 0.2) is 46.9 Å². The predicted octanol–water partition coefficient (Wildman–Crippen LogP) is 5.91. The summed E-state index contributed by atoms with van der Waals surface area (Å²) in [7, 11) is 0. The molecule has 0 spiro atoms. The van der Waals surface area contributed by atoms with E-state index in [-0.39, 0.29) is 5.02 Å². The fourth-order valence-corrected chi connectivity index (χ4v) is 3.31. The van der Waals surface area contributed by atoms with Crippen molar-refractivity contribution in [3.8, 4) is 0 Å². The van der Waals surface area contributed by atoms with E-state index in [1.54, 1.807) is 6.07 Å². The monoisotopic (exact) mass is 466 g/mol. The quantitative estimate of drug-likeness (QED) is 0.468. The Kier molecular flexibility index (Phi) is 6.14. The van der Waals surface area contributed by atoms with Crippen LogP contribution in [0.2, 0.25) is 5.02 Å². The lowest BCUT2D eigenvalue weighted by atomic mass is 10.2. The maximum absolute atomic E-state index is 13.3. The average Bonchev–Trinajstić information content (AvgIpc) is 2.87. The molecule has 0 aliphatic heterocycles. The molecule has 4 nitrogen and oxygen atoms in total. The Balaban J connectivity index is 1.72. The van der Waals surface area contributed by atoms with Crippen molar-refractivity contribution >= 4 is 56.2 Å². The Morgan fingerprint density at radius 2 is 1.89 bits per heavy atom. The van der Waals surface area contributed by atoms with Crippen LogP contribution >= 0.6 is 39.7 Å². The highest BCUT2D eigenvalue weighted by Gasteiger charge is 2.13. The van der Waals surface area contributed by atoms with E-state index in [0.717, 1.165) is 27.1 Å². The first-order valence-electron chi connectivity index (χ1n) is 8.15. The van der Waals surface area contributed by atoms with Crippen molar-refractivity contribution in [2.24, 2.45) is 0 Å². The van der Waals surface area contributed by atoms with E-state index in [1.807, 2.05) is 30.7 Å². The Labute approximate surface area is 175 Å². The van der Waals surface area contributed by atoms with E-state index in [0.29, 0.717) is 17.3 Å². The van der Waals surface area contributed by atoms with Gasteiger partial charge in [0.2, 0.25) is 0 Å². The molecule has 8 heteroatoms. The summed E-state index contributed by atoms with van der Waals surface area (Å²) in [5.74, 6) is -0.470. The number of thiocarbonyl (C=S) groups is 1. The van der Waals surface area contributed by atoms with E-state index in [1.165, 1.54) is 12.1 Å². The number of anilines is 2. The lowest BCUT2D eigenvalue weighted by Crippen LogP contribution is -2.20. The van der Waals surface area contributed by atoms with Gasteiger partial charge in [-0.1, -0.05) is 39.7 Å². The third kappa shape index (κ3) is 4.86. The van der Waals surface area contributed by atoms with Gasteiger partial charge in [0.25, 0.3) is 0 Å². The normalized spacial score (nSPS) is 10.7. The van der Waals surface area contributed by atoms with Gasteiger partial charge in [-0.15, -0.1) is 0 Å². The topological polar surface area (TPSA) is 41.9 Å². The number of halogens is 3. The number of benzene rings is 2. The summed E-state index contributed by atoms with van der Waals surface area (Å²) in [6, 6.07) is 12.5. The van der Waals surface area contributed by atoms with Gasteiger partial charge in [0.1, 0.15) is 5.82 Å². The van der Waals surface area contributed by atoms with Crippen LogP contribution in [0.5, 0.6) is 0 Å². The van der Waals surface area contributed by atoms with Crippen molar-refractivity contribution in [3.63, 3.8) is 0 Å². The Hall–Kier alpha value is -1.96. The summed E-state index contributed by atoms with van der Waals surface area (Å²) in [6.07, 6.45) is 0. The highest BCUT2D eigenvalue weighted by Crippen LogP contribution is 2.23. The first-order valence-corrected chi connectivity index (χ1v) is 9.73. The van der Waals surface area contributed by atoms with Crippen molar-refractivity contribution in [2.75, 3.05) is 10.6 Å². The molecule has 1 aromatic heterocycles. The van der Waals surface area contributed by atoms with E-state index in [2.05, 4.69) is 43.8 Å². The maximum Gasteiger partial charge on any atom is 0.175 e. The van der Waals surface area contributed by atoms with Crippen LogP contribution in [0.25, 0.3) is 0 Å². The van der Waals surface area contributed by atoms with E-state index >= 15 is 0 Å². The predicted molar refractivity (Wildman–Crippen MR) is 116 cm³/mol. The molecule has 27 heavy (non-hydrogen) atoms. The first kappa shape index (κ1) is 19.8. The number of nitrogens with zero attached hydrogens (tertiary/aromatic N) is 2. The smallest absolute Gasteiger partial charge is 0.175 e. The molecule has 0 amide bonds. The van der Waals surface area contributed by atoms with Gasteiger partial charge in [0.15, 0.2) is 5.11 Å². The lowest BCUT2D eigenvalue weighted by Gasteiger charge is -2.12. The van der Waals surface area contributed by atoms with Gasteiger partial charge in [-0.05, 0) is 62.0 Å². The molecule has 0 bridgehead atoms. The molecule has 3 rings (SSSR count). The zero-order valence-electron chi connectivity index (χ0n) is 14.7. The number of aryl methyl sites for hydroxylation is 1. The van der Waals surface area contributed by atoms with Gasteiger partial charge in [-0.3, -0.25) is 4.68 Å². The van der Waals surface area contributed by atoms with E-state index in [4.69, 9.17) is 23.8 Å². The molecule has 0 saturated heterocycles. The summed E-state index contributed by atoms with van der Waals surface area (Å²) < 4.78 is 16.2. The standard InChI is InChI=1S/C19H17BrClFN4S/c1-11-18(24-19(27)23-15-7-8-17(22)16(21)9-15)12(2)26(25-11)10-13-3-5-14(20)6-4-13/h3-9H,10H2,1-2H3,(H2,23,24,27). The summed E-state index contributed by atoms with van der Waals surface area (Å²) >= 11 is 14.6. The average molecular weight is 468 g/mol. The van der Waals surface area contributed by atoms with Crippen LogP contribution in [0, 0.1) is 19.7 Å². The van der Waals surface area contributed by atoms with Crippen molar-refractivity contribution in [2.45, 2.75) is 20.4 Å². The molecule has 0 unspecified atom stereocenters. The van der Waals surface area contributed by atoms with Crippen molar-refractivity contribution in [1.82, 2.24) is 9.78 Å². The molecule has 2 N–H and O–H groups in total. The third-order valence-electron chi connectivity index (χ3n) is 4.04. The number of aromatic nitrogens is 2. The van der Waals surface area contributed by atoms with Crippen LogP contribution in [-0.2, 0) is 6.54 Å². The summed E-state index contributed by atoms with van der Waals surface area (Å²) in [4.78, 5) is 0. The SMILES string of the molecule is Cc1nn(Cc2ccc(Br)cc2)c(C)c1NC(=S)Nc1ccc(F)c(Cl)c1. The maximum atomic E-state index is 13.3. The highest BCUT2D eigenvalue weighted by atomic mass is 79.9. The molecule has 0 radical (unpaired) electrons. The van der Waals surface area contributed by atoms with Gasteiger partial charge >= 0.3 is 0 Å². The van der Waals surface area contributed by atoms with Crippen LogP contribution < -0.4 is 10.6 Å². The Morgan fingerprint density at radius 1 is 1.19 bits per heavy atom. The molecular weight excluding hydrogens is 451 g/mol. The van der Waals surface area contributed by atoms with Gasteiger partial charge in [0.05, 0.1) is 28.6 Å². The number of hydrogen-bond acceptors (Lipinski definition) is 2. The van der Waals surface area contributed by atoms with Crippen LogP contribution in [0.3, 0.4) is 0 Å². The molecule has 2 aromatic carbocycles. The lowest BCUT2D eigenvalue weighted by molar-refractivity contribution is 0.628. The van der Waals surface area contributed by atoms with Crippen LogP contribution in [0.1, 0.15) is 17.0 Å². The van der Waals surface area contributed by atoms with Gasteiger partial charge in [-0.2, -0.15) is 5.10 Å². The second-order valence-electron chi connectivity index (χ2n) is 6.04. The Morgan fingerprint density at radius 3 is 2.56 bits per heavy atom. The summed E-state index contributed by atoms with van der Waals surface area (Å²) in [5.41, 5.74) is 4.41. The molecule has 0 atom stereocenters. The van der Waals surface area contributed by atoms with E-state index < -0.39 is 5.82 Å². The first-order chi connectivity index (χ1) is 12.8. The van der Waals surface area contributed by atoms with Crippen molar-refractivity contribution in [3.05, 3.63) is 74.7 Å². The molecule has 0 aliphatic rings. The minimum absolute atomic E-state index is 0.0393. The van der Waals surface area contributed by atoms with Crippen molar-refractivity contribution in [1.29, 1.82) is 0 Å². The molecule has 140 valence electrons. The zero-order chi connectivity index (χ0) is 19.6. The van der Waals surface area contributed by atoms with Gasteiger partial charge in [-0.25, -0.2) is 4.39 Å². The second-order valence-corrected chi connectivity index (χ2v) is 7.77. The summed E-state index contributed by atoms with van der Waals surface area (Å²) in [6.45, 7) is 4.57. The molecular formula is C19H17BrClFN4S. The molecule has 1 heterocycles. The van der Waals surface area contributed by atoms with Crippen LogP contribution in [0.4, 0.5) is 15.8 Å². The number of hydrogen-bond donors (Lipinski definition) is 2. The minimum Gasteiger partial charge on any atom is -0.332 e. The molecule has 0 saturated carbocycles. The second kappa shape index (κ2) is 8.37. The minimum atomic E-state index is -0.470. The van der Waals surface area contributed by atoms with Crippen molar-refractivity contribution < 1.29 is 4.39 Å². The third-order valence-corrected chi connectivity index (χ3v) is 5.07. The molecule has 0 fully saturated rings. The molecule has 0 aliphatic carbocycles. The number of rotatable bonds is 4. The zero-order valence-corrected chi connectivity index (χ0v) is 17.8. The largest absolute Gasteiger partial charge is 0.332 e. The van der Waals surface area contributed by atoms with Gasteiger partial charge < -0.3 is 10.6 Å². The van der Waals surface area contributed by atoms with Gasteiger partial charge in [0, 0.05) is 10.2 Å². The highest BCUT2D eigenvalue weighted by molar-refractivity contribution is 9.10. The Bertz CT molecular complexity index is 988. The van der Waals surface area contributed by atoms with Crippen LogP contribution in [-0.4, -0.2) is 14.9 Å². The van der Waals surface area contributed by atoms with E-state index in [9.17, 15) is 4.39 Å². The fourth-order valence-electron chi connectivity index (χ4n) is 2.64. The number of nitrogens with one attached hydrogen (secondary N) is 2. The fraction of sp³-hybridized carbons (Fsp3) is 0.158. The summed E-state index contributed by atoms with van der Waals surface area (Å²) in [5, 5.41) is 11.2.